The molecule has 4 rings (SSSR count). The van der Waals surface area contributed by atoms with E-state index >= 15 is 0 Å². The van der Waals surface area contributed by atoms with E-state index in [1.165, 1.54) is 0 Å². The van der Waals surface area contributed by atoms with Gasteiger partial charge < -0.3 is 9.88 Å². The summed E-state index contributed by atoms with van der Waals surface area (Å²) in [5.41, 5.74) is 2.17. The van der Waals surface area contributed by atoms with Crippen molar-refractivity contribution < 1.29 is 0 Å². The van der Waals surface area contributed by atoms with E-state index in [0.717, 1.165) is 40.5 Å². The lowest BCUT2D eigenvalue weighted by Gasteiger charge is -2.13. The predicted molar refractivity (Wildman–Crippen MR) is 81.3 cm³/mol. The van der Waals surface area contributed by atoms with Crippen molar-refractivity contribution in [3.8, 4) is 11.4 Å². The largest absolute Gasteiger partial charge is 0.369 e. The molecule has 0 radical (unpaired) electrons. The number of aromatic nitrogens is 5. The summed E-state index contributed by atoms with van der Waals surface area (Å²) in [7, 11) is 1.85. The molecule has 1 N–H and O–H groups in total. The van der Waals surface area contributed by atoms with Crippen molar-refractivity contribution in [1.29, 1.82) is 0 Å². The highest BCUT2D eigenvalue weighted by molar-refractivity contribution is 9.10. The number of pyridine rings is 1. The van der Waals surface area contributed by atoms with Crippen molar-refractivity contribution >= 4 is 27.4 Å². The third kappa shape index (κ3) is 2.11. The summed E-state index contributed by atoms with van der Waals surface area (Å²) in [6.07, 6.45) is 5.32. The number of hydrogen-bond acceptors (Lipinski definition) is 5. The molecule has 21 heavy (non-hydrogen) atoms. The van der Waals surface area contributed by atoms with Gasteiger partial charge in [-0.05, 0) is 22.0 Å². The minimum atomic E-state index is 0.444. The number of hydrogen-bond donors (Lipinski definition) is 1. The molecule has 106 valence electrons. The van der Waals surface area contributed by atoms with Crippen molar-refractivity contribution in [2.45, 2.75) is 6.54 Å². The highest BCUT2D eigenvalue weighted by atomic mass is 79.9. The van der Waals surface area contributed by atoms with E-state index in [1.54, 1.807) is 17.1 Å². The maximum atomic E-state index is 4.58. The summed E-state index contributed by atoms with van der Waals surface area (Å²) >= 11 is 3.57. The van der Waals surface area contributed by atoms with Crippen LogP contribution in [0, 0.1) is 0 Å². The van der Waals surface area contributed by atoms with Crippen molar-refractivity contribution in [2.75, 3.05) is 11.9 Å². The Morgan fingerprint density at radius 1 is 1.38 bits per heavy atom. The molecule has 0 unspecified atom stereocenters. The highest BCUT2D eigenvalue weighted by Gasteiger charge is 2.19. The molecule has 3 aliphatic rings. The van der Waals surface area contributed by atoms with Gasteiger partial charge in [0.2, 0.25) is 0 Å². The lowest BCUT2D eigenvalue weighted by atomic mass is 10.2. The molecule has 0 aromatic carbocycles. The lowest BCUT2D eigenvalue weighted by molar-refractivity contribution is 0.767. The highest BCUT2D eigenvalue weighted by Crippen LogP contribution is 2.32. The van der Waals surface area contributed by atoms with Crippen LogP contribution >= 0.6 is 15.9 Å². The van der Waals surface area contributed by atoms with Crippen LogP contribution in [0.4, 0.5) is 11.5 Å². The standard InChI is InChI=1S/C13H12BrN7/c1-20-7-9(6-17-20)18-13-16-5-8-4-10(14)12-15-2-3-21(12)11(8)19-13/h4-7,15H,2-3H2,1H3. The van der Waals surface area contributed by atoms with Crippen molar-refractivity contribution in [3.05, 3.63) is 34.7 Å². The average Bonchev–Trinajstić information content (AvgIpc) is 3.09. The SMILES string of the molecule is Cn1cc(N=c2ncc3cc(Br)c4n(c-3n2)CCN4)cn1. The predicted octanol–water partition coefficient (Wildman–Crippen LogP) is 1.54. The molecular formula is C13H12BrN7. The number of nitrogens with zero attached hydrogens (tertiary/aromatic N) is 6. The van der Waals surface area contributed by atoms with Gasteiger partial charge in [-0.3, -0.25) is 4.68 Å². The van der Waals surface area contributed by atoms with E-state index in [0.29, 0.717) is 5.62 Å². The fraction of sp³-hybridized carbons (Fsp3) is 0.231. The minimum Gasteiger partial charge on any atom is -0.369 e. The third-order valence-electron chi connectivity index (χ3n) is 3.37. The van der Waals surface area contributed by atoms with Crippen LogP contribution in [-0.4, -0.2) is 30.9 Å². The van der Waals surface area contributed by atoms with Gasteiger partial charge >= 0.3 is 0 Å². The quantitative estimate of drug-likeness (QED) is 0.725. The summed E-state index contributed by atoms with van der Waals surface area (Å²) in [4.78, 5) is 13.3. The zero-order valence-electron chi connectivity index (χ0n) is 11.3. The summed E-state index contributed by atoms with van der Waals surface area (Å²) in [6, 6.07) is 2.02. The molecule has 8 heteroatoms. The van der Waals surface area contributed by atoms with Crippen LogP contribution in [0.3, 0.4) is 0 Å². The lowest BCUT2D eigenvalue weighted by Crippen LogP contribution is -2.17. The maximum Gasteiger partial charge on any atom is 0.251 e. The van der Waals surface area contributed by atoms with E-state index < -0.39 is 0 Å². The monoisotopic (exact) mass is 345 g/mol. The molecule has 3 aliphatic heterocycles. The van der Waals surface area contributed by atoms with Crippen molar-refractivity contribution in [2.24, 2.45) is 12.0 Å². The number of halogens is 1. The van der Waals surface area contributed by atoms with Crippen molar-refractivity contribution in [1.82, 2.24) is 24.3 Å². The first-order valence-corrected chi connectivity index (χ1v) is 7.33. The van der Waals surface area contributed by atoms with Crippen LogP contribution in [0.1, 0.15) is 0 Å². The summed E-state index contributed by atoms with van der Waals surface area (Å²) < 4.78 is 4.87. The van der Waals surface area contributed by atoms with Gasteiger partial charge in [-0.15, -0.1) is 0 Å². The zero-order chi connectivity index (χ0) is 14.4. The molecule has 4 heterocycles. The zero-order valence-corrected chi connectivity index (χ0v) is 12.9. The van der Waals surface area contributed by atoms with Crippen LogP contribution in [-0.2, 0) is 13.6 Å². The van der Waals surface area contributed by atoms with Crippen LogP contribution in [0.5, 0.6) is 0 Å². The van der Waals surface area contributed by atoms with Gasteiger partial charge in [0.1, 0.15) is 17.3 Å². The second-order valence-corrected chi connectivity index (χ2v) is 5.71. The number of fused-ring (bicyclic) bond motifs is 3. The van der Waals surface area contributed by atoms with Crippen LogP contribution in [0.2, 0.25) is 0 Å². The molecule has 0 fully saturated rings. The number of aryl methyl sites for hydroxylation is 1. The summed E-state index contributed by atoms with van der Waals surface area (Å²) in [5.74, 6) is 1.93. The smallest absolute Gasteiger partial charge is 0.251 e. The van der Waals surface area contributed by atoms with E-state index in [4.69, 9.17) is 0 Å². The number of nitrogens with one attached hydrogen (secondary N) is 1. The molecule has 0 aliphatic carbocycles. The minimum absolute atomic E-state index is 0.444. The van der Waals surface area contributed by atoms with E-state index in [9.17, 15) is 0 Å². The number of rotatable bonds is 1. The van der Waals surface area contributed by atoms with E-state index in [2.05, 4.69) is 45.9 Å². The maximum absolute atomic E-state index is 4.58. The second-order valence-electron chi connectivity index (χ2n) is 4.85. The van der Waals surface area contributed by atoms with Gasteiger partial charge in [0.15, 0.2) is 0 Å². The van der Waals surface area contributed by atoms with Crippen molar-refractivity contribution in [3.63, 3.8) is 0 Å². The molecule has 1 aromatic heterocycles. The molecule has 7 nitrogen and oxygen atoms in total. The van der Waals surface area contributed by atoms with E-state index in [-0.39, 0.29) is 0 Å². The molecule has 0 spiro atoms. The van der Waals surface area contributed by atoms with Crippen LogP contribution in [0.25, 0.3) is 11.4 Å². The Balaban J connectivity index is 1.92. The average molecular weight is 346 g/mol. The Morgan fingerprint density at radius 3 is 3.10 bits per heavy atom. The molecule has 0 amide bonds. The Hall–Kier alpha value is -2.22. The number of anilines is 1. The van der Waals surface area contributed by atoms with Gasteiger partial charge in [-0.25, -0.2) is 9.98 Å². The fourth-order valence-electron chi connectivity index (χ4n) is 2.45. The van der Waals surface area contributed by atoms with Gasteiger partial charge in [-0.2, -0.15) is 10.1 Å². The Kier molecular flexibility index (Phi) is 2.78. The first kappa shape index (κ1) is 12.5. The Morgan fingerprint density at radius 2 is 2.29 bits per heavy atom. The topological polar surface area (TPSA) is 72.9 Å². The Bertz CT molecular complexity index is 863. The first-order chi connectivity index (χ1) is 10.2. The molecular weight excluding hydrogens is 334 g/mol. The van der Waals surface area contributed by atoms with Gasteiger partial charge in [0.25, 0.3) is 5.62 Å². The molecule has 1 aromatic rings. The van der Waals surface area contributed by atoms with Gasteiger partial charge in [0, 0.05) is 31.9 Å². The summed E-state index contributed by atoms with van der Waals surface area (Å²) in [6.45, 7) is 1.78. The van der Waals surface area contributed by atoms with Gasteiger partial charge in [-0.1, -0.05) is 0 Å². The molecule has 0 saturated heterocycles. The van der Waals surface area contributed by atoms with Crippen LogP contribution < -0.4 is 10.9 Å². The molecule has 0 atom stereocenters. The first-order valence-electron chi connectivity index (χ1n) is 6.54. The normalized spacial score (nSPS) is 14.5. The molecule has 0 saturated carbocycles. The molecule has 0 bridgehead atoms. The second kappa shape index (κ2) is 4.66. The fourth-order valence-corrected chi connectivity index (χ4v) is 3.05. The van der Waals surface area contributed by atoms with E-state index in [1.807, 2.05) is 19.3 Å². The third-order valence-corrected chi connectivity index (χ3v) is 3.97. The van der Waals surface area contributed by atoms with Crippen LogP contribution in [0.15, 0.2) is 34.1 Å². The summed E-state index contributed by atoms with van der Waals surface area (Å²) in [5, 5.41) is 7.44. The Labute approximate surface area is 128 Å². The van der Waals surface area contributed by atoms with Gasteiger partial charge in [0.05, 0.1) is 16.9 Å².